The monoisotopic (exact) mass is 242 g/mol. The lowest BCUT2D eigenvalue weighted by Gasteiger charge is -2.15. The first-order chi connectivity index (χ1) is 7.66. The maximum atomic E-state index is 12.8. The molecule has 1 heterocycles. The number of pyridine rings is 1. The van der Waals surface area contributed by atoms with Crippen LogP contribution < -0.4 is 5.32 Å². The van der Waals surface area contributed by atoms with Gasteiger partial charge in [-0.25, -0.2) is 4.39 Å². The zero-order chi connectivity index (χ0) is 11.5. The molecule has 1 amide bonds. The van der Waals surface area contributed by atoms with E-state index in [0.717, 1.165) is 25.5 Å². The summed E-state index contributed by atoms with van der Waals surface area (Å²) < 4.78 is 12.8. The Balaban J connectivity index is 2.03. The van der Waals surface area contributed by atoms with E-state index >= 15 is 0 Å². The molecule has 0 spiro atoms. The highest BCUT2D eigenvalue weighted by Crippen LogP contribution is 2.24. The Bertz CT molecular complexity index is 399. The lowest BCUT2D eigenvalue weighted by molar-refractivity contribution is 0.0937. The van der Waals surface area contributed by atoms with E-state index in [-0.39, 0.29) is 22.9 Å². The minimum atomic E-state index is -0.513. The average molecular weight is 243 g/mol. The number of nitrogens with zero attached hydrogens (tertiary/aromatic N) is 1. The van der Waals surface area contributed by atoms with E-state index in [0.29, 0.717) is 0 Å². The first kappa shape index (κ1) is 11.3. The molecular weight excluding hydrogens is 231 g/mol. The van der Waals surface area contributed by atoms with Gasteiger partial charge in [-0.05, 0) is 25.3 Å². The molecule has 5 heteroatoms. The molecule has 1 fully saturated rings. The lowest BCUT2D eigenvalue weighted by atomic mass is 10.2. The third-order valence-corrected chi connectivity index (χ3v) is 3.24. The zero-order valence-corrected chi connectivity index (χ0v) is 9.38. The van der Waals surface area contributed by atoms with Gasteiger partial charge in [0, 0.05) is 12.2 Å². The van der Waals surface area contributed by atoms with E-state index in [9.17, 15) is 9.18 Å². The Morgan fingerprint density at radius 3 is 2.94 bits per heavy atom. The summed E-state index contributed by atoms with van der Waals surface area (Å²) in [4.78, 5) is 15.4. The number of aromatic nitrogens is 1. The molecule has 1 aliphatic carbocycles. The fraction of sp³-hybridized carbons (Fsp3) is 0.455. The van der Waals surface area contributed by atoms with Gasteiger partial charge in [0.2, 0.25) is 0 Å². The smallest absolute Gasteiger partial charge is 0.253 e. The van der Waals surface area contributed by atoms with Gasteiger partial charge in [-0.1, -0.05) is 0 Å². The maximum Gasteiger partial charge on any atom is 0.253 e. The molecule has 0 saturated heterocycles. The maximum absolute atomic E-state index is 12.8. The fourth-order valence-electron chi connectivity index (χ4n) is 1.87. The van der Waals surface area contributed by atoms with Crippen molar-refractivity contribution in [2.45, 2.75) is 30.7 Å². The third-order valence-electron chi connectivity index (χ3n) is 2.72. The highest BCUT2D eigenvalue weighted by Gasteiger charge is 2.26. The van der Waals surface area contributed by atoms with Crippen LogP contribution in [0.1, 0.15) is 29.6 Å². The van der Waals surface area contributed by atoms with Crippen LogP contribution in [0.25, 0.3) is 0 Å². The minimum Gasteiger partial charge on any atom is -0.348 e. The van der Waals surface area contributed by atoms with Crippen molar-refractivity contribution in [2.24, 2.45) is 0 Å². The van der Waals surface area contributed by atoms with Crippen LogP contribution in [0.3, 0.4) is 0 Å². The molecular formula is C11H12ClFN2O. The minimum absolute atomic E-state index is 0.0163. The number of halogens is 2. The first-order valence-electron chi connectivity index (χ1n) is 5.22. The molecule has 0 bridgehead atoms. The van der Waals surface area contributed by atoms with E-state index in [1.165, 1.54) is 12.3 Å². The van der Waals surface area contributed by atoms with Crippen molar-refractivity contribution in [3.05, 3.63) is 29.8 Å². The van der Waals surface area contributed by atoms with Gasteiger partial charge in [0.25, 0.3) is 5.91 Å². The molecule has 2 atom stereocenters. The van der Waals surface area contributed by atoms with Crippen LogP contribution in [0.15, 0.2) is 18.5 Å². The summed E-state index contributed by atoms with van der Waals surface area (Å²) >= 11 is 6.04. The van der Waals surface area contributed by atoms with E-state index < -0.39 is 5.82 Å². The van der Waals surface area contributed by atoms with Crippen LogP contribution in [0.4, 0.5) is 4.39 Å². The number of carbonyl (C=O) groups is 1. The molecule has 3 nitrogen and oxygen atoms in total. The quantitative estimate of drug-likeness (QED) is 0.807. The van der Waals surface area contributed by atoms with E-state index in [1.54, 1.807) is 0 Å². The largest absolute Gasteiger partial charge is 0.348 e. The molecule has 1 aliphatic rings. The van der Waals surface area contributed by atoms with Crippen molar-refractivity contribution >= 4 is 17.5 Å². The van der Waals surface area contributed by atoms with Gasteiger partial charge in [0.15, 0.2) is 0 Å². The Labute approximate surface area is 98.0 Å². The summed E-state index contributed by atoms with van der Waals surface area (Å²) in [7, 11) is 0. The second-order valence-electron chi connectivity index (χ2n) is 3.92. The Hall–Kier alpha value is -1.16. The third kappa shape index (κ3) is 2.50. The van der Waals surface area contributed by atoms with E-state index in [4.69, 9.17) is 11.6 Å². The molecule has 0 aromatic carbocycles. The summed E-state index contributed by atoms with van der Waals surface area (Å²) in [6, 6.07) is 1.15. The second kappa shape index (κ2) is 4.78. The van der Waals surface area contributed by atoms with Crippen LogP contribution in [0.2, 0.25) is 0 Å². The van der Waals surface area contributed by atoms with E-state index in [2.05, 4.69) is 10.3 Å². The standard InChI is InChI=1S/C11H12ClFN2O/c12-9-2-1-3-10(9)15-11(16)7-4-8(13)6-14-5-7/h4-6,9-10H,1-3H2,(H,15,16). The van der Waals surface area contributed by atoms with Crippen LogP contribution in [-0.2, 0) is 0 Å². The summed E-state index contributed by atoms with van der Waals surface area (Å²) in [6.45, 7) is 0. The topological polar surface area (TPSA) is 42.0 Å². The average Bonchev–Trinajstić information content (AvgIpc) is 2.64. The number of hydrogen-bond donors (Lipinski definition) is 1. The molecule has 1 aromatic rings. The van der Waals surface area contributed by atoms with Gasteiger partial charge in [0.05, 0.1) is 17.1 Å². The number of nitrogens with one attached hydrogen (secondary N) is 1. The summed E-state index contributed by atoms with van der Waals surface area (Å²) in [6.07, 6.45) is 5.21. The normalized spacial score (nSPS) is 24.4. The Morgan fingerprint density at radius 1 is 1.50 bits per heavy atom. The van der Waals surface area contributed by atoms with Gasteiger partial charge in [-0.2, -0.15) is 0 Å². The zero-order valence-electron chi connectivity index (χ0n) is 8.62. The SMILES string of the molecule is O=C(NC1CCCC1Cl)c1cncc(F)c1. The molecule has 0 aliphatic heterocycles. The predicted molar refractivity (Wildman–Crippen MR) is 58.9 cm³/mol. The van der Waals surface area contributed by atoms with Gasteiger partial charge in [-0.15, -0.1) is 11.6 Å². The molecule has 1 N–H and O–H groups in total. The van der Waals surface area contributed by atoms with E-state index in [1.807, 2.05) is 0 Å². The van der Waals surface area contributed by atoms with Crippen LogP contribution in [0, 0.1) is 5.82 Å². The predicted octanol–water partition coefficient (Wildman–Crippen LogP) is 2.11. The molecule has 16 heavy (non-hydrogen) atoms. The van der Waals surface area contributed by atoms with Crippen molar-refractivity contribution < 1.29 is 9.18 Å². The molecule has 2 rings (SSSR count). The molecule has 0 radical (unpaired) electrons. The van der Waals surface area contributed by atoms with Gasteiger partial charge < -0.3 is 5.32 Å². The van der Waals surface area contributed by atoms with Crippen molar-refractivity contribution in [3.8, 4) is 0 Å². The number of rotatable bonds is 2. The first-order valence-corrected chi connectivity index (χ1v) is 5.66. The van der Waals surface area contributed by atoms with Gasteiger partial charge in [-0.3, -0.25) is 9.78 Å². The summed E-state index contributed by atoms with van der Waals surface area (Å²) in [5.41, 5.74) is 0.232. The van der Waals surface area contributed by atoms with Crippen molar-refractivity contribution in [2.75, 3.05) is 0 Å². The van der Waals surface area contributed by atoms with Gasteiger partial charge in [0.1, 0.15) is 5.82 Å². The molecule has 2 unspecified atom stereocenters. The summed E-state index contributed by atoms with van der Waals surface area (Å²) in [5, 5.41) is 2.77. The summed E-state index contributed by atoms with van der Waals surface area (Å²) in [5.74, 6) is -0.828. The lowest BCUT2D eigenvalue weighted by Crippen LogP contribution is -2.37. The van der Waals surface area contributed by atoms with Crippen molar-refractivity contribution in [3.63, 3.8) is 0 Å². The second-order valence-corrected chi connectivity index (χ2v) is 4.48. The van der Waals surface area contributed by atoms with Crippen LogP contribution in [-0.4, -0.2) is 22.3 Å². The number of amides is 1. The Kier molecular flexibility index (Phi) is 3.39. The van der Waals surface area contributed by atoms with Crippen molar-refractivity contribution in [1.29, 1.82) is 0 Å². The highest BCUT2D eigenvalue weighted by molar-refractivity contribution is 6.21. The van der Waals surface area contributed by atoms with Gasteiger partial charge >= 0.3 is 0 Å². The highest BCUT2D eigenvalue weighted by atomic mass is 35.5. The number of alkyl halides is 1. The number of carbonyl (C=O) groups excluding carboxylic acids is 1. The van der Waals surface area contributed by atoms with Crippen LogP contribution in [0.5, 0.6) is 0 Å². The molecule has 1 aromatic heterocycles. The molecule has 86 valence electrons. The van der Waals surface area contributed by atoms with Crippen LogP contribution >= 0.6 is 11.6 Å². The number of hydrogen-bond acceptors (Lipinski definition) is 2. The van der Waals surface area contributed by atoms with Crippen molar-refractivity contribution in [1.82, 2.24) is 10.3 Å². The Morgan fingerprint density at radius 2 is 2.31 bits per heavy atom. The fourth-order valence-corrected chi connectivity index (χ4v) is 2.21. The molecule has 1 saturated carbocycles.